The third-order valence-electron chi connectivity index (χ3n) is 4.73. The largest absolute Gasteiger partial charge is 0.508 e. The lowest BCUT2D eigenvalue weighted by Crippen LogP contribution is -2.23. The average Bonchev–Trinajstić information content (AvgIpc) is 2.46. The summed E-state index contributed by atoms with van der Waals surface area (Å²) in [6.07, 6.45) is 4.01. The minimum atomic E-state index is -0.801. The molecule has 3 N–H and O–H groups in total. The van der Waals surface area contributed by atoms with Gasteiger partial charge in [-0.15, -0.1) is 0 Å². The van der Waals surface area contributed by atoms with Gasteiger partial charge in [0.2, 0.25) is 0 Å². The van der Waals surface area contributed by atoms with Crippen molar-refractivity contribution in [3.63, 3.8) is 0 Å². The van der Waals surface area contributed by atoms with Crippen LogP contribution in [0.25, 0.3) is 0 Å². The standard InChI is InChI=1S/C20H30O5/c1-19(2,17(22)23)9-5-7-14-11-15(13-16(21)12-14)8-6-10-20(3,4)18(24)25/h11-13,21H,5-10H2,1-4H3,(H,22,23)(H,24,25). The topological polar surface area (TPSA) is 94.8 Å². The van der Waals surface area contributed by atoms with Gasteiger partial charge in [-0.25, -0.2) is 0 Å². The minimum Gasteiger partial charge on any atom is -0.508 e. The van der Waals surface area contributed by atoms with Gasteiger partial charge in [-0.1, -0.05) is 6.07 Å². The van der Waals surface area contributed by atoms with Crippen molar-refractivity contribution in [2.24, 2.45) is 10.8 Å². The number of aryl methyl sites for hydroxylation is 2. The molecule has 0 unspecified atom stereocenters. The fourth-order valence-electron chi connectivity index (χ4n) is 2.71. The molecule has 0 fully saturated rings. The van der Waals surface area contributed by atoms with Crippen molar-refractivity contribution in [1.82, 2.24) is 0 Å². The molecule has 0 radical (unpaired) electrons. The molecule has 5 heteroatoms. The summed E-state index contributed by atoms with van der Waals surface area (Å²) in [5.74, 6) is -1.40. The average molecular weight is 350 g/mol. The Hall–Kier alpha value is -2.04. The van der Waals surface area contributed by atoms with Crippen LogP contribution in [0, 0.1) is 10.8 Å². The van der Waals surface area contributed by atoms with Gasteiger partial charge in [0.15, 0.2) is 0 Å². The molecule has 0 amide bonds. The minimum absolute atomic E-state index is 0.197. The summed E-state index contributed by atoms with van der Waals surface area (Å²) >= 11 is 0. The summed E-state index contributed by atoms with van der Waals surface area (Å²) in [7, 11) is 0. The maximum Gasteiger partial charge on any atom is 0.309 e. The van der Waals surface area contributed by atoms with Crippen LogP contribution in [0.5, 0.6) is 5.75 Å². The first-order valence-corrected chi connectivity index (χ1v) is 8.73. The van der Waals surface area contributed by atoms with Gasteiger partial charge in [-0.05, 0) is 89.5 Å². The van der Waals surface area contributed by atoms with Gasteiger partial charge in [-0.3, -0.25) is 9.59 Å². The van der Waals surface area contributed by atoms with E-state index in [-0.39, 0.29) is 5.75 Å². The molecule has 0 aliphatic carbocycles. The number of carboxylic acids is 2. The van der Waals surface area contributed by atoms with Gasteiger partial charge in [0.1, 0.15) is 5.75 Å². The molecule has 1 rings (SSSR count). The predicted molar refractivity (Wildman–Crippen MR) is 96.8 cm³/mol. The maximum atomic E-state index is 11.1. The highest BCUT2D eigenvalue weighted by atomic mass is 16.4. The molecule has 0 saturated heterocycles. The van der Waals surface area contributed by atoms with Crippen LogP contribution in [-0.4, -0.2) is 27.3 Å². The zero-order valence-corrected chi connectivity index (χ0v) is 15.6. The Morgan fingerprint density at radius 3 is 1.48 bits per heavy atom. The van der Waals surface area contributed by atoms with Crippen LogP contribution < -0.4 is 0 Å². The van der Waals surface area contributed by atoms with E-state index < -0.39 is 22.8 Å². The van der Waals surface area contributed by atoms with E-state index in [4.69, 9.17) is 10.2 Å². The molecule has 0 saturated carbocycles. The fourth-order valence-corrected chi connectivity index (χ4v) is 2.71. The molecular formula is C20H30O5. The van der Waals surface area contributed by atoms with Gasteiger partial charge in [0.25, 0.3) is 0 Å². The summed E-state index contributed by atoms with van der Waals surface area (Å²) < 4.78 is 0. The number of phenols is 1. The highest BCUT2D eigenvalue weighted by Crippen LogP contribution is 2.27. The normalized spacial score (nSPS) is 12.2. The second kappa shape index (κ2) is 8.37. The van der Waals surface area contributed by atoms with Crippen molar-refractivity contribution >= 4 is 11.9 Å². The van der Waals surface area contributed by atoms with Crippen molar-refractivity contribution < 1.29 is 24.9 Å². The number of hydrogen-bond acceptors (Lipinski definition) is 3. The molecule has 0 heterocycles. The zero-order chi connectivity index (χ0) is 19.3. The van der Waals surface area contributed by atoms with Crippen LogP contribution in [0.3, 0.4) is 0 Å². The van der Waals surface area contributed by atoms with E-state index in [9.17, 15) is 14.7 Å². The van der Waals surface area contributed by atoms with Crippen molar-refractivity contribution in [2.45, 2.75) is 66.2 Å². The quantitative estimate of drug-likeness (QED) is 0.586. The summed E-state index contributed by atoms with van der Waals surface area (Å²) in [6.45, 7) is 6.86. The molecule has 0 aliphatic rings. The Morgan fingerprint density at radius 2 is 1.16 bits per heavy atom. The van der Waals surface area contributed by atoms with Crippen LogP contribution in [0.1, 0.15) is 64.5 Å². The molecule has 140 valence electrons. The predicted octanol–water partition coefficient (Wildman–Crippen LogP) is 4.26. The molecule has 0 aromatic heterocycles. The van der Waals surface area contributed by atoms with Crippen LogP contribution >= 0.6 is 0 Å². The lowest BCUT2D eigenvalue weighted by molar-refractivity contribution is -0.148. The fraction of sp³-hybridized carbons (Fsp3) is 0.600. The number of rotatable bonds is 10. The van der Waals surface area contributed by atoms with E-state index >= 15 is 0 Å². The Morgan fingerprint density at radius 1 is 0.800 bits per heavy atom. The number of hydrogen-bond donors (Lipinski definition) is 3. The lowest BCUT2D eigenvalue weighted by atomic mass is 9.86. The van der Waals surface area contributed by atoms with Crippen molar-refractivity contribution in [2.75, 3.05) is 0 Å². The Labute approximate surface area is 149 Å². The monoisotopic (exact) mass is 350 g/mol. The summed E-state index contributed by atoms with van der Waals surface area (Å²) in [4.78, 5) is 22.3. The van der Waals surface area contributed by atoms with Crippen LogP contribution in [-0.2, 0) is 22.4 Å². The molecule has 1 aromatic rings. The van der Waals surface area contributed by atoms with Gasteiger partial charge >= 0.3 is 11.9 Å². The first-order chi connectivity index (χ1) is 11.4. The third-order valence-corrected chi connectivity index (χ3v) is 4.73. The van der Waals surface area contributed by atoms with E-state index in [1.165, 1.54) is 0 Å². The molecular weight excluding hydrogens is 320 g/mol. The lowest BCUT2D eigenvalue weighted by Gasteiger charge is -2.19. The number of aliphatic carboxylic acids is 2. The summed E-state index contributed by atoms with van der Waals surface area (Å²) in [5.41, 5.74) is 0.465. The van der Waals surface area contributed by atoms with Gasteiger partial charge < -0.3 is 15.3 Å². The number of aromatic hydroxyl groups is 1. The second-order valence-electron chi connectivity index (χ2n) is 8.09. The number of phenolic OH excluding ortho intramolecular Hbond substituents is 1. The maximum absolute atomic E-state index is 11.1. The SMILES string of the molecule is CC(C)(CCCc1cc(O)cc(CCCC(C)(C)C(=O)O)c1)C(=O)O. The van der Waals surface area contributed by atoms with Crippen LogP contribution in [0.4, 0.5) is 0 Å². The van der Waals surface area contributed by atoms with E-state index in [0.29, 0.717) is 25.7 Å². The third kappa shape index (κ3) is 6.77. The van der Waals surface area contributed by atoms with E-state index in [2.05, 4.69) is 0 Å². The molecule has 1 aromatic carbocycles. The molecule has 0 spiro atoms. The molecule has 0 atom stereocenters. The van der Waals surface area contributed by atoms with Crippen molar-refractivity contribution in [3.05, 3.63) is 29.3 Å². The Bertz CT molecular complexity index is 566. The number of carboxylic acid groups (broad SMARTS) is 2. The van der Waals surface area contributed by atoms with Crippen molar-refractivity contribution in [3.8, 4) is 5.75 Å². The molecule has 25 heavy (non-hydrogen) atoms. The van der Waals surface area contributed by atoms with Gasteiger partial charge in [0.05, 0.1) is 10.8 Å². The Kier molecular flexibility index (Phi) is 7.03. The van der Waals surface area contributed by atoms with E-state index in [1.54, 1.807) is 39.8 Å². The van der Waals surface area contributed by atoms with Crippen molar-refractivity contribution in [1.29, 1.82) is 0 Å². The van der Waals surface area contributed by atoms with E-state index in [1.807, 2.05) is 6.07 Å². The molecule has 0 bridgehead atoms. The Balaban J connectivity index is 2.61. The van der Waals surface area contributed by atoms with Crippen LogP contribution in [0.15, 0.2) is 18.2 Å². The van der Waals surface area contributed by atoms with Gasteiger partial charge in [-0.2, -0.15) is 0 Å². The zero-order valence-electron chi connectivity index (χ0n) is 15.6. The smallest absolute Gasteiger partial charge is 0.309 e. The van der Waals surface area contributed by atoms with Gasteiger partial charge in [0, 0.05) is 0 Å². The second-order valence-corrected chi connectivity index (χ2v) is 8.09. The van der Waals surface area contributed by atoms with Crippen LogP contribution in [0.2, 0.25) is 0 Å². The summed E-state index contributed by atoms with van der Waals surface area (Å²) in [6, 6.07) is 5.43. The highest BCUT2D eigenvalue weighted by Gasteiger charge is 2.27. The highest BCUT2D eigenvalue weighted by molar-refractivity contribution is 5.73. The molecule has 0 aliphatic heterocycles. The summed E-state index contributed by atoms with van der Waals surface area (Å²) in [5, 5.41) is 28.2. The molecule has 5 nitrogen and oxygen atoms in total. The first kappa shape index (κ1) is 21.0. The first-order valence-electron chi connectivity index (χ1n) is 8.73. The number of benzene rings is 1. The van der Waals surface area contributed by atoms with E-state index in [0.717, 1.165) is 24.0 Å². The number of carbonyl (C=O) groups is 2.